The van der Waals surface area contributed by atoms with Crippen LogP contribution in [-0.4, -0.2) is 28.2 Å². The quantitative estimate of drug-likeness (QED) is 0.427. The summed E-state index contributed by atoms with van der Waals surface area (Å²) in [5, 5.41) is 14.1. The Morgan fingerprint density at radius 3 is 2.89 bits per heavy atom. The minimum absolute atomic E-state index is 0.0524. The summed E-state index contributed by atoms with van der Waals surface area (Å²) in [6.07, 6.45) is 0.705. The molecule has 2 atom stereocenters. The number of nitrogens with two attached hydrogens (primary N) is 1. The Hall–Kier alpha value is -1.93. The number of nitrogen functional groups attached to an aromatic ring is 1. The van der Waals surface area contributed by atoms with Gasteiger partial charge < -0.3 is 15.5 Å². The SMILES string of the molecule is CC1OCCC1(C)Nc1nc(NN)ccc1[N+](=O)[O-]. The van der Waals surface area contributed by atoms with Crippen molar-refractivity contribution in [1.29, 1.82) is 0 Å². The maximum absolute atomic E-state index is 11.0. The van der Waals surface area contributed by atoms with E-state index in [9.17, 15) is 10.1 Å². The number of pyridine rings is 1. The van der Waals surface area contributed by atoms with Crippen LogP contribution in [0.25, 0.3) is 0 Å². The van der Waals surface area contributed by atoms with Crippen LogP contribution in [0.3, 0.4) is 0 Å². The Morgan fingerprint density at radius 2 is 2.37 bits per heavy atom. The highest BCUT2D eigenvalue weighted by Gasteiger charge is 2.38. The standard InChI is InChI=1S/C11H17N5O3/c1-7-11(2,5-6-19-7)14-10-8(16(17)18)3-4-9(13-10)15-12/h3-4,7H,5-6,12H2,1-2H3,(H2,13,14,15). The molecule has 1 aromatic rings. The minimum Gasteiger partial charge on any atom is -0.376 e. The van der Waals surface area contributed by atoms with E-state index in [1.54, 1.807) is 0 Å². The molecule has 0 spiro atoms. The number of nitrogens with one attached hydrogen (secondary N) is 2. The summed E-state index contributed by atoms with van der Waals surface area (Å²) >= 11 is 0. The highest BCUT2D eigenvalue weighted by molar-refractivity contribution is 5.61. The first-order valence-electron chi connectivity index (χ1n) is 5.98. The first-order valence-corrected chi connectivity index (χ1v) is 5.98. The summed E-state index contributed by atoms with van der Waals surface area (Å²) in [5.41, 5.74) is 1.91. The van der Waals surface area contributed by atoms with Gasteiger partial charge in [0.15, 0.2) is 0 Å². The fourth-order valence-corrected chi connectivity index (χ4v) is 2.04. The number of hydrazine groups is 1. The van der Waals surface area contributed by atoms with Crippen molar-refractivity contribution in [3.63, 3.8) is 0 Å². The molecule has 0 radical (unpaired) electrons. The first-order chi connectivity index (χ1) is 8.96. The fraction of sp³-hybridized carbons (Fsp3) is 0.545. The van der Waals surface area contributed by atoms with Gasteiger partial charge in [0.25, 0.3) is 0 Å². The van der Waals surface area contributed by atoms with E-state index in [0.717, 1.165) is 6.42 Å². The number of ether oxygens (including phenoxy) is 1. The molecule has 19 heavy (non-hydrogen) atoms. The maximum atomic E-state index is 11.0. The van der Waals surface area contributed by atoms with Crippen molar-refractivity contribution >= 4 is 17.3 Å². The molecular formula is C11H17N5O3. The number of rotatable bonds is 4. The Labute approximate surface area is 110 Å². The van der Waals surface area contributed by atoms with Crippen molar-refractivity contribution in [2.45, 2.75) is 31.9 Å². The lowest BCUT2D eigenvalue weighted by Gasteiger charge is -2.29. The van der Waals surface area contributed by atoms with Crippen LogP contribution in [0.2, 0.25) is 0 Å². The van der Waals surface area contributed by atoms with Crippen molar-refractivity contribution < 1.29 is 9.66 Å². The van der Waals surface area contributed by atoms with Gasteiger partial charge in [0.1, 0.15) is 5.82 Å². The second-order valence-electron chi connectivity index (χ2n) is 4.77. The molecule has 1 fully saturated rings. The molecule has 0 aromatic carbocycles. The van der Waals surface area contributed by atoms with Gasteiger partial charge in [-0.15, -0.1) is 0 Å². The number of nitro groups is 1. The van der Waals surface area contributed by atoms with Gasteiger partial charge in [0.2, 0.25) is 5.82 Å². The normalized spacial score (nSPS) is 26.2. The van der Waals surface area contributed by atoms with E-state index in [4.69, 9.17) is 10.6 Å². The summed E-state index contributed by atoms with van der Waals surface area (Å²) in [4.78, 5) is 14.7. The molecule has 0 saturated carbocycles. The van der Waals surface area contributed by atoms with Gasteiger partial charge in [-0.2, -0.15) is 0 Å². The molecule has 0 aliphatic carbocycles. The molecule has 1 aromatic heterocycles. The van der Waals surface area contributed by atoms with Crippen LogP contribution in [-0.2, 0) is 4.74 Å². The molecule has 2 unspecified atom stereocenters. The van der Waals surface area contributed by atoms with Gasteiger partial charge in [0.05, 0.1) is 16.6 Å². The summed E-state index contributed by atoms with van der Waals surface area (Å²) < 4.78 is 5.50. The summed E-state index contributed by atoms with van der Waals surface area (Å²) in [6.45, 7) is 4.50. The van der Waals surface area contributed by atoms with Crippen LogP contribution >= 0.6 is 0 Å². The predicted octanol–water partition coefficient (Wildman–Crippen LogP) is 1.25. The summed E-state index contributed by atoms with van der Waals surface area (Å²) in [6, 6.07) is 2.83. The number of hydrogen-bond donors (Lipinski definition) is 3. The Kier molecular flexibility index (Phi) is 3.54. The monoisotopic (exact) mass is 267 g/mol. The summed E-state index contributed by atoms with van der Waals surface area (Å²) in [5.74, 6) is 5.84. The van der Waals surface area contributed by atoms with Gasteiger partial charge in [0, 0.05) is 12.7 Å². The number of hydrogen-bond acceptors (Lipinski definition) is 7. The van der Waals surface area contributed by atoms with Crippen molar-refractivity contribution in [3.8, 4) is 0 Å². The van der Waals surface area contributed by atoms with Crippen molar-refractivity contribution in [2.75, 3.05) is 17.3 Å². The maximum Gasteiger partial charge on any atom is 0.311 e. The van der Waals surface area contributed by atoms with Crippen LogP contribution in [0.1, 0.15) is 20.3 Å². The van der Waals surface area contributed by atoms with Crippen LogP contribution in [0.4, 0.5) is 17.3 Å². The Morgan fingerprint density at radius 1 is 1.63 bits per heavy atom. The smallest absolute Gasteiger partial charge is 0.311 e. The van der Waals surface area contributed by atoms with Crippen LogP contribution in [0.15, 0.2) is 12.1 Å². The Bertz CT molecular complexity index is 495. The van der Waals surface area contributed by atoms with Crippen molar-refractivity contribution in [1.82, 2.24) is 4.98 Å². The lowest BCUT2D eigenvalue weighted by atomic mass is 9.94. The summed E-state index contributed by atoms with van der Waals surface area (Å²) in [7, 11) is 0. The van der Waals surface area contributed by atoms with E-state index in [1.165, 1.54) is 12.1 Å². The largest absolute Gasteiger partial charge is 0.376 e. The third kappa shape index (κ3) is 2.59. The zero-order valence-electron chi connectivity index (χ0n) is 10.8. The van der Waals surface area contributed by atoms with E-state index in [1.807, 2.05) is 13.8 Å². The molecule has 1 aliphatic rings. The fourth-order valence-electron chi connectivity index (χ4n) is 2.04. The average molecular weight is 267 g/mol. The second kappa shape index (κ2) is 4.98. The van der Waals surface area contributed by atoms with Crippen LogP contribution < -0.4 is 16.6 Å². The topological polar surface area (TPSA) is 115 Å². The first kappa shape index (κ1) is 13.5. The Balaban J connectivity index is 2.34. The number of aromatic nitrogens is 1. The third-order valence-electron chi connectivity index (χ3n) is 3.51. The average Bonchev–Trinajstić information content (AvgIpc) is 2.68. The molecule has 104 valence electrons. The number of anilines is 2. The van der Waals surface area contributed by atoms with Gasteiger partial charge in [-0.3, -0.25) is 10.1 Å². The molecule has 2 heterocycles. The van der Waals surface area contributed by atoms with Crippen LogP contribution in [0.5, 0.6) is 0 Å². The van der Waals surface area contributed by atoms with Crippen molar-refractivity contribution in [2.24, 2.45) is 5.84 Å². The van der Waals surface area contributed by atoms with Gasteiger partial charge in [-0.05, 0) is 26.3 Å². The zero-order valence-corrected chi connectivity index (χ0v) is 10.8. The molecule has 8 heteroatoms. The molecule has 4 N–H and O–H groups in total. The number of nitrogens with zero attached hydrogens (tertiary/aromatic N) is 2. The van der Waals surface area contributed by atoms with Gasteiger partial charge in [-0.1, -0.05) is 0 Å². The molecule has 2 rings (SSSR count). The molecule has 0 amide bonds. The van der Waals surface area contributed by atoms with Gasteiger partial charge >= 0.3 is 5.69 Å². The van der Waals surface area contributed by atoms with Crippen molar-refractivity contribution in [3.05, 3.63) is 22.2 Å². The van der Waals surface area contributed by atoms with E-state index in [0.29, 0.717) is 12.4 Å². The predicted molar refractivity (Wildman–Crippen MR) is 70.8 cm³/mol. The molecule has 0 bridgehead atoms. The highest BCUT2D eigenvalue weighted by Crippen LogP contribution is 2.33. The lowest BCUT2D eigenvalue weighted by molar-refractivity contribution is -0.384. The molecule has 8 nitrogen and oxygen atoms in total. The van der Waals surface area contributed by atoms with E-state index in [2.05, 4.69) is 15.7 Å². The van der Waals surface area contributed by atoms with E-state index >= 15 is 0 Å². The van der Waals surface area contributed by atoms with E-state index in [-0.39, 0.29) is 23.1 Å². The minimum atomic E-state index is -0.473. The van der Waals surface area contributed by atoms with E-state index < -0.39 is 4.92 Å². The van der Waals surface area contributed by atoms with Crippen LogP contribution in [0, 0.1) is 10.1 Å². The molecule has 1 saturated heterocycles. The molecule has 1 aliphatic heterocycles. The van der Waals surface area contributed by atoms with Gasteiger partial charge in [-0.25, -0.2) is 10.8 Å². The zero-order chi connectivity index (χ0) is 14.0. The second-order valence-corrected chi connectivity index (χ2v) is 4.77. The molecular weight excluding hydrogens is 250 g/mol. The third-order valence-corrected chi connectivity index (χ3v) is 3.51. The highest BCUT2D eigenvalue weighted by atomic mass is 16.6. The lowest BCUT2D eigenvalue weighted by Crippen LogP contribution is -2.41.